The first-order valence-electron chi connectivity index (χ1n) is 7.04. The van der Waals surface area contributed by atoms with Crippen LogP contribution in [0, 0.1) is 11.8 Å². The van der Waals surface area contributed by atoms with Gasteiger partial charge in [-0.25, -0.2) is 0 Å². The maximum Gasteiger partial charge on any atom is 0.0423 e. The van der Waals surface area contributed by atoms with Crippen molar-refractivity contribution in [1.29, 1.82) is 0 Å². The molecule has 0 radical (unpaired) electrons. The molecule has 100 valence electrons. The van der Waals surface area contributed by atoms with Crippen molar-refractivity contribution >= 4 is 23.2 Å². The maximum absolute atomic E-state index is 6.15. The van der Waals surface area contributed by atoms with E-state index in [-0.39, 0.29) is 0 Å². The van der Waals surface area contributed by atoms with Crippen molar-refractivity contribution in [3.63, 3.8) is 0 Å². The largest absolute Gasteiger partial charge is 0.0843 e. The molecule has 1 aromatic carbocycles. The highest BCUT2D eigenvalue weighted by Crippen LogP contribution is 2.41. The molecule has 1 atom stereocenters. The molecule has 0 heterocycles. The summed E-state index contributed by atoms with van der Waals surface area (Å²) >= 11 is 12.3. The molecule has 2 heteroatoms. The quantitative estimate of drug-likeness (QED) is 0.610. The number of rotatable bonds is 3. The van der Waals surface area contributed by atoms with Crippen molar-refractivity contribution in [3.05, 3.63) is 33.8 Å². The van der Waals surface area contributed by atoms with Gasteiger partial charge in [-0.3, -0.25) is 0 Å². The topological polar surface area (TPSA) is 0 Å². The first kappa shape index (κ1) is 14.2. The smallest absolute Gasteiger partial charge is 0.0423 e. The third-order valence-electron chi connectivity index (χ3n) is 4.15. The van der Waals surface area contributed by atoms with Crippen LogP contribution in [-0.4, -0.2) is 0 Å². The van der Waals surface area contributed by atoms with E-state index < -0.39 is 0 Å². The van der Waals surface area contributed by atoms with Crippen LogP contribution in [0.2, 0.25) is 10.0 Å². The predicted octanol–water partition coefficient (Wildman–Crippen LogP) is 6.31. The molecule has 1 aliphatic carbocycles. The Kier molecular flexibility index (Phi) is 4.98. The van der Waals surface area contributed by atoms with Gasteiger partial charge in [-0.2, -0.15) is 0 Å². The van der Waals surface area contributed by atoms with E-state index in [2.05, 4.69) is 26.0 Å². The zero-order valence-electron chi connectivity index (χ0n) is 11.3. The Labute approximate surface area is 121 Å². The van der Waals surface area contributed by atoms with Crippen molar-refractivity contribution in [2.24, 2.45) is 11.8 Å². The molecule has 0 unspecified atom stereocenters. The van der Waals surface area contributed by atoms with Crippen LogP contribution >= 0.6 is 23.2 Å². The molecule has 0 amide bonds. The first-order valence-corrected chi connectivity index (χ1v) is 7.79. The van der Waals surface area contributed by atoms with Crippen LogP contribution in [0.15, 0.2) is 18.2 Å². The lowest BCUT2D eigenvalue weighted by atomic mass is 9.72. The van der Waals surface area contributed by atoms with Gasteiger partial charge in [0.25, 0.3) is 0 Å². The maximum atomic E-state index is 6.15. The van der Waals surface area contributed by atoms with Gasteiger partial charge in [0.05, 0.1) is 0 Å². The lowest BCUT2D eigenvalue weighted by molar-refractivity contribution is 0.260. The van der Waals surface area contributed by atoms with E-state index in [0.29, 0.717) is 11.8 Å². The molecule has 0 aromatic heterocycles. The van der Waals surface area contributed by atoms with E-state index >= 15 is 0 Å². The van der Waals surface area contributed by atoms with Crippen LogP contribution in [0.1, 0.15) is 57.4 Å². The molecule has 1 saturated carbocycles. The Morgan fingerprint density at radius 3 is 2.00 bits per heavy atom. The molecule has 2 rings (SSSR count). The van der Waals surface area contributed by atoms with Gasteiger partial charge >= 0.3 is 0 Å². The predicted molar refractivity (Wildman–Crippen MR) is 80.6 cm³/mol. The third kappa shape index (κ3) is 3.42. The normalized spacial score (nSPS) is 19.2. The average Bonchev–Trinajstić information content (AvgIpc) is 2.28. The van der Waals surface area contributed by atoms with E-state index in [1.165, 1.54) is 37.7 Å². The summed E-state index contributed by atoms with van der Waals surface area (Å²) in [5.74, 6) is 2.04. The van der Waals surface area contributed by atoms with Gasteiger partial charge < -0.3 is 0 Å². The fourth-order valence-corrected chi connectivity index (χ4v) is 4.01. The second kappa shape index (κ2) is 6.30. The molecule has 1 fully saturated rings. The second-order valence-corrected chi connectivity index (χ2v) is 6.74. The summed E-state index contributed by atoms with van der Waals surface area (Å²) < 4.78 is 0. The molecule has 0 spiro atoms. The van der Waals surface area contributed by atoms with Gasteiger partial charge in [-0.1, -0.05) is 56.3 Å². The van der Waals surface area contributed by atoms with Crippen LogP contribution in [-0.2, 0) is 0 Å². The van der Waals surface area contributed by atoms with Gasteiger partial charge in [0.2, 0.25) is 0 Å². The van der Waals surface area contributed by atoms with Crippen molar-refractivity contribution in [2.45, 2.75) is 51.9 Å². The Bertz CT molecular complexity index is 372. The summed E-state index contributed by atoms with van der Waals surface area (Å²) in [6, 6.07) is 6.03. The lowest BCUT2D eigenvalue weighted by Gasteiger charge is -2.33. The second-order valence-electron chi connectivity index (χ2n) is 5.87. The molecule has 0 bridgehead atoms. The molecule has 1 aromatic rings. The van der Waals surface area contributed by atoms with Gasteiger partial charge in [0.15, 0.2) is 0 Å². The SMILES string of the molecule is CC(C)[C@H](c1cc(Cl)cc(Cl)c1)C1CCCCC1. The molecule has 18 heavy (non-hydrogen) atoms. The highest BCUT2D eigenvalue weighted by Gasteiger charge is 2.27. The van der Waals surface area contributed by atoms with Crippen LogP contribution in [0.4, 0.5) is 0 Å². The molecule has 0 aliphatic heterocycles. The summed E-state index contributed by atoms with van der Waals surface area (Å²) in [6.45, 7) is 4.63. The molecule has 1 aliphatic rings. The van der Waals surface area contributed by atoms with E-state index in [9.17, 15) is 0 Å². The number of hydrogen-bond acceptors (Lipinski definition) is 0. The first-order chi connectivity index (χ1) is 8.58. The van der Waals surface area contributed by atoms with Crippen molar-refractivity contribution in [2.75, 3.05) is 0 Å². The molecule has 0 N–H and O–H groups in total. The Hall–Kier alpha value is -0.200. The molecular formula is C16H22Cl2. The fourth-order valence-electron chi connectivity index (χ4n) is 3.46. The monoisotopic (exact) mass is 284 g/mol. The highest BCUT2D eigenvalue weighted by atomic mass is 35.5. The van der Waals surface area contributed by atoms with Crippen LogP contribution in [0.5, 0.6) is 0 Å². The minimum Gasteiger partial charge on any atom is -0.0843 e. The minimum atomic E-state index is 0.599. The Balaban J connectivity index is 2.28. The van der Waals surface area contributed by atoms with E-state index in [1.54, 1.807) is 0 Å². The fraction of sp³-hybridized carbons (Fsp3) is 0.625. The van der Waals surface area contributed by atoms with Crippen molar-refractivity contribution in [3.8, 4) is 0 Å². The summed E-state index contributed by atoms with van der Waals surface area (Å²) in [5.41, 5.74) is 1.33. The Morgan fingerprint density at radius 2 is 1.50 bits per heavy atom. The highest BCUT2D eigenvalue weighted by molar-refractivity contribution is 6.34. The number of hydrogen-bond donors (Lipinski definition) is 0. The van der Waals surface area contributed by atoms with Gasteiger partial charge in [0.1, 0.15) is 0 Å². The molecule has 0 nitrogen and oxygen atoms in total. The van der Waals surface area contributed by atoms with Crippen LogP contribution in [0.25, 0.3) is 0 Å². The zero-order chi connectivity index (χ0) is 13.1. The number of benzene rings is 1. The summed E-state index contributed by atoms with van der Waals surface area (Å²) in [7, 11) is 0. The summed E-state index contributed by atoms with van der Waals surface area (Å²) in [6.07, 6.45) is 6.86. The van der Waals surface area contributed by atoms with Gasteiger partial charge in [-0.05, 0) is 54.4 Å². The van der Waals surface area contributed by atoms with Crippen molar-refractivity contribution in [1.82, 2.24) is 0 Å². The van der Waals surface area contributed by atoms with E-state index in [1.807, 2.05) is 6.07 Å². The van der Waals surface area contributed by atoms with E-state index in [0.717, 1.165) is 16.0 Å². The van der Waals surface area contributed by atoms with Crippen molar-refractivity contribution < 1.29 is 0 Å². The van der Waals surface area contributed by atoms with Crippen LogP contribution < -0.4 is 0 Å². The van der Waals surface area contributed by atoms with Gasteiger partial charge in [0, 0.05) is 10.0 Å². The Morgan fingerprint density at radius 1 is 0.944 bits per heavy atom. The van der Waals surface area contributed by atoms with E-state index in [4.69, 9.17) is 23.2 Å². The molecule has 0 saturated heterocycles. The average molecular weight is 285 g/mol. The van der Waals surface area contributed by atoms with Gasteiger partial charge in [-0.15, -0.1) is 0 Å². The summed E-state index contributed by atoms with van der Waals surface area (Å²) in [5, 5.41) is 1.53. The standard InChI is InChI=1S/C16H22Cl2/c1-11(2)16(12-6-4-3-5-7-12)13-8-14(17)10-15(18)9-13/h8-12,16H,3-7H2,1-2H3/t16-/m0/s1. The lowest BCUT2D eigenvalue weighted by Crippen LogP contribution is -2.20. The third-order valence-corrected chi connectivity index (χ3v) is 4.58. The zero-order valence-corrected chi connectivity index (χ0v) is 12.8. The number of halogens is 2. The minimum absolute atomic E-state index is 0.599. The van der Waals surface area contributed by atoms with Crippen LogP contribution in [0.3, 0.4) is 0 Å². The summed E-state index contributed by atoms with van der Waals surface area (Å²) in [4.78, 5) is 0. The molecular weight excluding hydrogens is 263 g/mol.